The Bertz CT molecular complexity index is 839. The topological polar surface area (TPSA) is 76.0 Å². The van der Waals surface area contributed by atoms with E-state index < -0.39 is 0 Å². The highest BCUT2D eigenvalue weighted by Gasteiger charge is 2.27. The van der Waals surface area contributed by atoms with Crippen LogP contribution in [0.15, 0.2) is 24.3 Å². The molecule has 1 aliphatic rings. The minimum atomic E-state index is -0.263. The summed E-state index contributed by atoms with van der Waals surface area (Å²) >= 11 is 0. The molecule has 0 spiro atoms. The third kappa shape index (κ3) is 4.04. The zero-order valence-corrected chi connectivity index (χ0v) is 16.3. The molecule has 2 heterocycles. The highest BCUT2D eigenvalue weighted by atomic mass is 16.2. The van der Waals surface area contributed by atoms with E-state index in [2.05, 4.69) is 29.5 Å². The van der Waals surface area contributed by atoms with Crippen molar-refractivity contribution in [1.82, 2.24) is 14.9 Å². The van der Waals surface area contributed by atoms with Gasteiger partial charge in [-0.2, -0.15) is 0 Å². The van der Waals surface area contributed by atoms with Crippen LogP contribution in [0.2, 0.25) is 0 Å². The van der Waals surface area contributed by atoms with Gasteiger partial charge in [0.15, 0.2) is 5.82 Å². The van der Waals surface area contributed by atoms with Crippen LogP contribution < -0.4 is 10.6 Å². The number of rotatable bonds is 6. The van der Waals surface area contributed by atoms with Gasteiger partial charge in [0.2, 0.25) is 0 Å². The van der Waals surface area contributed by atoms with E-state index in [0.717, 1.165) is 49.2 Å². The van der Waals surface area contributed by atoms with Gasteiger partial charge in [0.25, 0.3) is 11.8 Å². The van der Waals surface area contributed by atoms with E-state index in [4.69, 9.17) is 0 Å². The molecular weight excluding hydrogens is 340 g/mol. The summed E-state index contributed by atoms with van der Waals surface area (Å²) in [7, 11) is 0. The number of fused-ring (bicyclic) bond motifs is 1. The highest BCUT2D eigenvalue weighted by molar-refractivity contribution is 6.04. The zero-order valence-electron chi connectivity index (χ0n) is 16.3. The Labute approximate surface area is 160 Å². The first-order valence-corrected chi connectivity index (χ1v) is 9.80. The molecule has 1 aromatic carbocycles. The van der Waals surface area contributed by atoms with Gasteiger partial charge in [-0.05, 0) is 43.2 Å². The number of carbonyl (C=O) groups excluding carboxylic acids is 2. The fraction of sp³-hybridized carbons (Fsp3) is 0.476. The van der Waals surface area contributed by atoms with Crippen molar-refractivity contribution in [3.8, 4) is 0 Å². The smallest absolute Gasteiger partial charge is 0.291 e. The molecule has 0 bridgehead atoms. The van der Waals surface area contributed by atoms with Crippen molar-refractivity contribution in [2.75, 3.05) is 11.9 Å². The summed E-state index contributed by atoms with van der Waals surface area (Å²) in [6.07, 6.45) is 3.64. The molecule has 0 saturated heterocycles. The zero-order chi connectivity index (χ0) is 19.4. The molecule has 6 heteroatoms. The Morgan fingerprint density at radius 1 is 1.19 bits per heavy atom. The van der Waals surface area contributed by atoms with E-state index >= 15 is 0 Å². The number of amides is 2. The second-order valence-electron chi connectivity index (χ2n) is 7.29. The van der Waals surface area contributed by atoms with E-state index in [-0.39, 0.29) is 11.8 Å². The van der Waals surface area contributed by atoms with Crippen molar-refractivity contribution in [2.24, 2.45) is 0 Å². The van der Waals surface area contributed by atoms with Crippen LogP contribution in [0.4, 0.5) is 5.69 Å². The first kappa shape index (κ1) is 19.1. The van der Waals surface area contributed by atoms with E-state index in [0.29, 0.717) is 24.0 Å². The largest absolute Gasteiger partial charge is 0.351 e. The number of hydrogen-bond donors (Lipinski definition) is 2. The third-order valence-electron chi connectivity index (χ3n) is 4.90. The lowest BCUT2D eigenvalue weighted by molar-refractivity contribution is 0.0947. The normalized spacial score (nSPS) is 13.3. The summed E-state index contributed by atoms with van der Waals surface area (Å²) in [6, 6.07) is 7.80. The first-order valence-electron chi connectivity index (χ1n) is 9.80. The van der Waals surface area contributed by atoms with Gasteiger partial charge in [-0.15, -0.1) is 0 Å². The molecule has 27 heavy (non-hydrogen) atoms. The van der Waals surface area contributed by atoms with Gasteiger partial charge in [-0.1, -0.05) is 39.0 Å². The second-order valence-corrected chi connectivity index (χ2v) is 7.29. The standard InChI is InChI=1S/C21H28N4O2/c1-4-12-22-20(26)18-17-11-7-8-13-25(17)19(24-18)21(27)23-16-10-6-5-9-15(16)14(2)3/h5-6,9-10,14H,4,7-8,11-13H2,1-3H3,(H,22,26)(H,23,27). The van der Waals surface area contributed by atoms with Crippen LogP contribution in [0.5, 0.6) is 0 Å². The fourth-order valence-corrected chi connectivity index (χ4v) is 3.51. The number of benzene rings is 1. The van der Waals surface area contributed by atoms with Crippen molar-refractivity contribution in [3.05, 3.63) is 47.0 Å². The van der Waals surface area contributed by atoms with Gasteiger partial charge in [-0.3, -0.25) is 9.59 Å². The Kier molecular flexibility index (Phi) is 5.94. The lowest BCUT2D eigenvalue weighted by atomic mass is 10.0. The van der Waals surface area contributed by atoms with E-state index in [1.165, 1.54) is 0 Å². The monoisotopic (exact) mass is 368 g/mol. The Morgan fingerprint density at radius 2 is 1.96 bits per heavy atom. The summed E-state index contributed by atoms with van der Waals surface area (Å²) in [5.74, 6) is 0.168. The number of nitrogens with zero attached hydrogens (tertiary/aromatic N) is 2. The summed E-state index contributed by atoms with van der Waals surface area (Å²) < 4.78 is 1.91. The lowest BCUT2D eigenvalue weighted by Crippen LogP contribution is -2.26. The molecule has 3 rings (SSSR count). The van der Waals surface area contributed by atoms with Crippen molar-refractivity contribution >= 4 is 17.5 Å². The quantitative estimate of drug-likeness (QED) is 0.816. The number of anilines is 1. The minimum Gasteiger partial charge on any atom is -0.351 e. The molecule has 1 aromatic heterocycles. The molecule has 0 atom stereocenters. The summed E-state index contributed by atoms with van der Waals surface area (Å²) in [5.41, 5.74) is 3.14. The predicted molar refractivity (Wildman–Crippen MR) is 106 cm³/mol. The summed E-state index contributed by atoms with van der Waals surface area (Å²) in [4.78, 5) is 29.9. The maximum atomic E-state index is 13.0. The molecule has 2 N–H and O–H groups in total. The number of imidazole rings is 1. The van der Waals surface area contributed by atoms with Gasteiger partial charge >= 0.3 is 0 Å². The van der Waals surface area contributed by atoms with Crippen LogP contribution in [0.25, 0.3) is 0 Å². The van der Waals surface area contributed by atoms with Crippen LogP contribution in [-0.4, -0.2) is 27.9 Å². The summed E-state index contributed by atoms with van der Waals surface area (Å²) in [6.45, 7) is 7.53. The van der Waals surface area contributed by atoms with E-state index in [1.807, 2.05) is 35.8 Å². The van der Waals surface area contributed by atoms with Crippen LogP contribution in [0, 0.1) is 0 Å². The van der Waals surface area contributed by atoms with Crippen molar-refractivity contribution in [1.29, 1.82) is 0 Å². The Hall–Kier alpha value is -2.63. The molecule has 6 nitrogen and oxygen atoms in total. The van der Waals surface area contributed by atoms with Gasteiger partial charge < -0.3 is 15.2 Å². The van der Waals surface area contributed by atoms with Gasteiger partial charge in [0.1, 0.15) is 5.69 Å². The van der Waals surface area contributed by atoms with Gasteiger partial charge in [-0.25, -0.2) is 4.98 Å². The summed E-state index contributed by atoms with van der Waals surface area (Å²) in [5, 5.41) is 5.88. The van der Waals surface area contributed by atoms with Crippen LogP contribution in [-0.2, 0) is 13.0 Å². The molecular formula is C21H28N4O2. The highest BCUT2D eigenvalue weighted by Crippen LogP contribution is 2.26. The van der Waals surface area contributed by atoms with Crippen molar-refractivity contribution in [2.45, 2.75) is 58.9 Å². The maximum Gasteiger partial charge on any atom is 0.291 e. The molecule has 2 amide bonds. The molecule has 1 aliphatic heterocycles. The molecule has 0 radical (unpaired) electrons. The van der Waals surface area contributed by atoms with E-state index in [1.54, 1.807) is 0 Å². The second kappa shape index (κ2) is 8.37. The molecule has 0 fully saturated rings. The van der Waals surface area contributed by atoms with Gasteiger partial charge in [0, 0.05) is 18.8 Å². The van der Waals surface area contributed by atoms with Crippen LogP contribution in [0.1, 0.15) is 78.3 Å². The molecule has 2 aromatic rings. The number of nitrogens with one attached hydrogen (secondary N) is 2. The van der Waals surface area contributed by atoms with Crippen LogP contribution in [0.3, 0.4) is 0 Å². The van der Waals surface area contributed by atoms with E-state index in [9.17, 15) is 9.59 Å². The van der Waals surface area contributed by atoms with Crippen molar-refractivity contribution < 1.29 is 9.59 Å². The third-order valence-corrected chi connectivity index (χ3v) is 4.90. The number of carbonyl (C=O) groups is 2. The SMILES string of the molecule is CCCNC(=O)c1nc(C(=O)Nc2ccccc2C(C)C)n2c1CCCC2. The molecule has 0 aliphatic carbocycles. The first-order chi connectivity index (χ1) is 13.0. The Morgan fingerprint density at radius 3 is 2.70 bits per heavy atom. The number of aromatic nitrogens is 2. The lowest BCUT2D eigenvalue weighted by Gasteiger charge is -2.18. The Balaban J connectivity index is 1.91. The molecule has 144 valence electrons. The number of para-hydroxylation sites is 1. The fourth-order valence-electron chi connectivity index (χ4n) is 3.51. The molecule has 0 saturated carbocycles. The predicted octanol–water partition coefficient (Wildman–Crippen LogP) is 3.73. The van der Waals surface area contributed by atoms with Gasteiger partial charge in [0.05, 0.1) is 5.69 Å². The number of hydrogen-bond acceptors (Lipinski definition) is 3. The average Bonchev–Trinajstić information content (AvgIpc) is 3.06. The maximum absolute atomic E-state index is 13.0. The molecule has 0 unspecified atom stereocenters. The minimum absolute atomic E-state index is 0.191. The van der Waals surface area contributed by atoms with Crippen LogP contribution >= 0.6 is 0 Å². The van der Waals surface area contributed by atoms with Crippen molar-refractivity contribution in [3.63, 3.8) is 0 Å². The average molecular weight is 368 g/mol.